The highest BCUT2D eigenvalue weighted by atomic mass is 19.1. The molecule has 1 amide bonds. The summed E-state index contributed by atoms with van der Waals surface area (Å²) in [5.41, 5.74) is 0.0487. The Morgan fingerprint density at radius 1 is 1.16 bits per heavy atom. The minimum absolute atomic E-state index is 0.0298. The maximum atomic E-state index is 13.0. The fourth-order valence-electron chi connectivity index (χ4n) is 2.63. The average molecular weight is 345 g/mol. The van der Waals surface area contributed by atoms with Gasteiger partial charge >= 0.3 is 0 Å². The topological polar surface area (TPSA) is 67.8 Å². The van der Waals surface area contributed by atoms with Gasteiger partial charge in [0, 0.05) is 0 Å². The lowest BCUT2D eigenvalue weighted by Gasteiger charge is -2.24. The SMILES string of the molecule is CC(O)(CNC(=O)Cc1ccc2c(c1)OCCO2)c1ccc(F)cc1. The van der Waals surface area contributed by atoms with E-state index in [0.717, 1.165) is 5.56 Å². The molecule has 0 bridgehead atoms. The van der Waals surface area contributed by atoms with Crippen LogP contribution in [0.15, 0.2) is 42.5 Å². The van der Waals surface area contributed by atoms with E-state index in [-0.39, 0.29) is 24.7 Å². The van der Waals surface area contributed by atoms with Crippen LogP contribution in [0.25, 0.3) is 0 Å². The second-order valence-corrected chi connectivity index (χ2v) is 6.21. The van der Waals surface area contributed by atoms with Gasteiger partial charge in [0.2, 0.25) is 5.91 Å². The molecule has 1 heterocycles. The number of hydrogen-bond donors (Lipinski definition) is 2. The van der Waals surface area contributed by atoms with Crippen molar-refractivity contribution in [1.29, 1.82) is 0 Å². The number of amides is 1. The van der Waals surface area contributed by atoms with Gasteiger partial charge in [-0.25, -0.2) is 4.39 Å². The summed E-state index contributed by atoms with van der Waals surface area (Å²) in [5, 5.41) is 13.2. The molecule has 0 saturated carbocycles. The maximum absolute atomic E-state index is 13.0. The summed E-state index contributed by atoms with van der Waals surface area (Å²) in [7, 11) is 0. The van der Waals surface area contributed by atoms with E-state index in [1.807, 2.05) is 6.07 Å². The van der Waals surface area contributed by atoms with E-state index in [1.165, 1.54) is 24.3 Å². The number of hydrogen-bond acceptors (Lipinski definition) is 4. The quantitative estimate of drug-likeness (QED) is 0.871. The Morgan fingerprint density at radius 2 is 1.84 bits per heavy atom. The summed E-state index contributed by atoms with van der Waals surface area (Å²) >= 11 is 0. The van der Waals surface area contributed by atoms with Crippen LogP contribution in [-0.4, -0.2) is 30.8 Å². The molecular weight excluding hydrogens is 325 g/mol. The number of ether oxygens (including phenoxy) is 2. The first-order valence-electron chi connectivity index (χ1n) is 8.08. The number of fused-ring (bicyclic) bond motifs is 1. The normalized spacial score (nSPS) is 15.3. The average Bonchev–Trinajstić information content (AvgIpc) is 2.60. The minimum Gasteiger partial charge on any atom is -0.486 e. The molecule has 0 aliphatic carbocycles. The number of rotatable bonds is 5. The number of carbonyl (C=O) groups excluding carboxylic acids is 1. The first kappa shape index (κ1) is 17.2. The molecule has 3 rings (SSSR count). The Kier molecular flexibility index (Phi) is 4.90. The van der Waals surface area contributed by atoms with Gasteiger partial charge in [0.15, 0.2) is 11.5 Å². The molecule has 1 aliphatic rings. The van der Waals surface area contributed by atoms with Crippen LogP contribution < -0.4 is 14.8 Å². The third-order valence-electron chi connectivity index (χ3n) is 4.07. The van der Waals surface area contributed by atoms with Crippen LogP contribution in [0.2, 0.25) is 0 Å². The Hall–Kier alpha value is -2.60. The zero-order valence-corrected chi connectivity index (χ0v) is 13.9. The number of halogens is 1. The van der Waals surface area contributed by atoms with Crippen molar-refractivity contribution in [2.75, 3.05) is 19.8 Å². The summed E-state index contributed by atoms with van der Waals surface area (Å²) in [5.74, 6) is 0.714. The number of nitrogens with one attached hydrogen (secondary N) is 1. The van der Waals surface area contributed by atoms with Gasteiger partial charge in [-0.3, -0.25) is 4.79 Å². The molecule has 5 nitrogen and oxygen atoms in total. The van der Waals surface area contributed by atoms with Crippen LogP contribution in [0, 0.1) is 5.82 Å². The molecule has 2 N–H and O–H groups in total. The summed E-state index contributed by atoms with van der Waals surface area (Å²) in [6.07, 6.45) is 0.163. The van der Waals surface area contributed by atoms with E-state index in [4.69, 9.17) is 9.47 Å². The van der Waals surface area contributed by atoms with Crippen molar-refractivity contribution in [3.8, 4) is 11.5 Å². The lowest BCUT2D eigenvalue weighted by Crippen LogP contribution is -2.39. The van der Waals surface area contributed by atoms with E-state index in [1.54, 1.807) is 19.1 Å². The number of aliphatic hydroxyl groups is 1. The lowest BCUT2D eigenvalue weighted by atomic mass is 9.96. The van der Waals surface area contributed by atoms with E-state index in [9.17, 15) is 14.3 Å². The maximum Gasteiger partial charge on any atom is 0.224 e. The van der Waals surface area contributed by atoms with E-state index < -0.39 is 5.60 Å². The van der Waals surface area contributed by atoms with Gasteiger partial charge in [-0.05, 0) is 42.3 Å². The van der Waals surface area contributed by atoms with E-state index in [2.05, 4.69) is 5.32 Å². The zero-order chi connectivity index (χ0) is 17.9. The van der Waals surface area contributed by atoms with Crippen molar-refractivity contribution in [2.45, 2.75) is 18.9 Å². The summed E-state index contributed by atoms with van der Waals surface area (Å²) < 4.78 is 23.9. The lowest BCUT2D eigenvalue weighted by molar-refractivity contribution is -0.121. The molecule has 25 heavy (non-hydrogen) atoms. The van der Waals surface area contributed by atoms with Gasteiger partial charge in [0.1, 0.15) is 24.6 Å². The Bertz CT molecular complexity index is 759. The molecule has 0 spiro atoms. The van der Waals surface area contributed by atoms with Gasteiger partial charge in [-0.2, -0.15) is 0 Å². The Balaban J connectivity index is 1.58. The second-order valence-electron chi connectivity index (χ2n) is 6.21. The largest absolute Gasteiger partial charge is 0.486 e. The molecular formula is C19H20FNO4. The molecule has 6 heteroatoms. The number of carbonyl (C=O) groups is 1. The fraction of sp³-hybridized carbons (Fsp3) is 0.316. The Morgan fingerprint density at radius 3 is 2.56 bits per heavy atom. The predicted octanol–water partition coefficient (Wildman–Crippen LogP) is 2.16. The van der Waals surface area contributed by atoms with Crippen molar-refractivity contribution >= 4 is 5.91 Å². The highest BCUT2D eigenvalue weighted by Gasteiger charge is 2.24. The smallest absolute Gasteiger partial charge is 0.224 e. The first-order chi connectivity index (χ1) is 11.9. The van der Waals surface area contributed by atoms with Crippen molar-refractivity contribution in [1.82, 2.24) is 5.32 Å². The van der Waals surface area contributed by atoms with Crippen LogP contribution in [0.4, 0.5) is 4.39 Å². The summed E-state index contributed by atoms with van der Waals surface area (Å²) in [6.45, 7) is 2.61. The van der Waals surface area contributed by atoms with Gasteiger partial charge < -0.3 is 19.9 Å². The van der Waals surface area contributed by atoms with E-state index in [0.29, 0.717) is 30.3 Å². The summed E-state index contributed by atoms with van der Waals surface area (Å²) in [4.78, 5) is 12.2. The molecule has 0 aromatic heterocycles. The van der Waals surface area contributed by atoms with Crippen LogP contribution in [0.1, 0.15) is 18.1 Å². The van der Waals surface area contributed by atoms with Gasteiger partial charge in [-0.15, -0.1) is 0 Å². The minimum atomic E-state index is -1.28. The Labute approximate surface area is 145 Å². The van der Waals surface area contributed by atoms with Crippen molar-refractivity contribution in [3.63, 3.8) is 0 Å². The molecule has 0 saturated heterocycles. The fourth-order valence-corrected chi connectivity index (χ4v) is 2.63. The highest BCUT2D eigenvalue weighted by Crippen LogP contribution is 2.30. The van der Waals surface area contributed by atoms with Gasteiger partial charge in [0.25, 0.3) is 0 Å². The third kappa shape index (κ3) is 4.28. The molecule has 2 aromatic carbocycles. The van der Waals surface area contributed by atoms with Crippen LogP contribution >= 0.6 is 0 Å². The molecule has 2 aromatic rings. The van der Waals surface area contributed by atoms with Crippen LogP contribution in [0.3, 0.4) is 0 Å². The second kappa shape index (κ2) is 7.11. The van der Waals surface area contributed by atoms with Crippen LogP contribution in [0.5, 0.6) is 11.5 Å². The van der Waals surface area contributed by atoms with Crippen molar-refractivity contribution in [3.05, 3.63) is 59.4 Å². The molecule has 0 fully saturated rings. The monoisotopic (exact) mass is 345 g/mol. The molecule has 132 valence electrons. The summed E-state index contributed by atoms with van der Waals surface area (Å²) in [6, 6.07) is 10.9. The molecule has 1 aliphatic heterocycles. The van der Waals surface area contributed by atoms with Crippen molar-refractivity contribution in [2.24, 2.45) is 0 Å². The molecule has 1 unspecified atom stereocenters. The standard InChI is InChI=1S/C19H20FNO4/c1-19(23,14-3-5-15(20)6-4-14)12-21-18(22)11-13-2-7-16-17(10-13)25-9-8-24-16/h2-7,10,23H,8-9,11-12H2,1H3,(H,21,22). The number of benzene rings is 2. The highest BCUT2D eigenvalue weighted by molar-refractivity contribution is 5.78. The van der Waals surface area contributed by atoms with Crippen LogP contribution in [-0.2, 0) is 16.8 Å². The van der Waals surface area contributed by atoms with E-state index >= 15 is 0 Å². The molecule has 1 atom stereocenters. The van der Waals surface area contributed by atoms with Crippen molar-refractivity contribution < 1.29 is 23.8 Å². The van der Waals surface area contributed by atoms with Gasteiger partial charge in [-0.1, -0.05) is 18.2 Å². The molecule has 0 radical (unpaired) electrons. The zero-order valence-electron chi connectivity index (χ0n) is 13.9. The van der Waals surface area contributed by atoms with Gasteiger partial charge in [0.05, 0.1) is 13.0 Å². The first-order valence-corrected chi connectivity index (χ1v) is 8.08. The third-order valence-corrected chi connectivity index (χ3v) is 4.07. The predicted molar refractivity (Wildman–Crippen MR) is 90.1 cm³/mol.